The van der Waals surface area contributed by atoms with Gasteiger partial charge in [-0.3, -0.25) is 4.57 Å². The van der Waals surface area contributed by atoms with E-state index in [1.807, 2.05) is 0 Å². The van der Waals surface area contributed by atoms with E-state index in [-0.39, 0.29) is 0 Å². The third-order valence-corrected chi connectivity index (χ3v) is 2.06. The van der Waals surface area contributed by atoms with Gasteiger partial charge < -0.3 is 25.1 Å². The maximum atomic E-state index is 10.3. The molecule has 0 aliphatic heterocycles. The average Bonchev–Trinajstić information content (AvgIpc) is 1.82. The van der Waals surface area contributed by atoms with E-state index in [0.717, 1.165) is 0 Å². The molecule has 0 heterocycles. The molecule has 0 saturated heterocycles. The lowest BCUT2D eigenvalue weighted by Gasteiger charge is -2.19. The van der Waals surface area contributed by atoms with Crippen molar-refractivity contribution in [2.24, 2.45) is 0 Å². The third kappa shape index (κ3) is 4.82. The lowest BCUT2D eigenvalue weighted by molar-refractivity contribution is -0.0339. The van der Waals surface area contributed by atoms with Crippen molar-refractivity contribution < 1.29 is 29.7 Å². The minimum absolute atomic E-state index is 0.888. The molecule has 0 aromatic heterocycles. The molecule has 0 rings (SSSR count). The van der Waals surface area contributed by atoms with E-state index in [0.29, 0.717) is 0 Å². The van der Waals surface area contributed by atoms with Crippen molar-refractivity contribution in [1.82, 2.24) is 0 Å². The van der Waals surface area contributed by atoms with Crippen LogP contribution in [0.15, 0.2) is 0 Å². The topological polar surface area (TPSA) is 118 Å². The largest absolute Gasteiger partial charge is 0.390 e. The van der Waals surface area contributed by atoms with Crippen LogP contribution in [0.1, 0.15) is 0 Å². The first-order valence-electron chi connectivity index (χ1n) is 3.16. The summed E-state index contributed by atoms with van der Waals surface area (Å²) in [5, 5.41) is 26.3. The van der Waals surface area contributed by atoms with Crippen LogP contribution >= 0.6 is 7.60 Å². The molecule has 0 amide bonds. The second-order valence-electron chi connectivity index (χ2n) is 2.47. The van der Waals surface area contributed by atoms with Crippen LogP contribution in [-0.4, -0.2) is 49.6 Å². The van der Waals surface area contributed by atoms with Gasteiger partial charge in [-0.15, -0.1) is 0 Å². The zero-order chi connectivity index (χ0) is 9.94. The Hall–Kier alpha value is 0.0300. The number of aliphatic hydroxyl groups excluding tert-OH is 3. The highest BCUT2D eigenvalue weighted by Crippen LogP contribution is 2.35. The Morgan fingerprint density at radius 2 is 1.67 bits per heavy atom. The molecular formula is C5H12O6P. The van der Waals surface area contributed by atoms with E-state index in [2.05, 4.69) is 6.92 Å². The molecule has 12 heavy (non-hydrogen) atoms. The zero-order valence-electron chi connectivity index (χ0n) is 6.24. The predicted molar refractivity (Wildman–Crippen MR) is 40.3 cm³/mol. The molecule has 0 aromatic rings. The highest BCUT2D eigenvalue weighted by molar-refractivity contribution is 7.51. The molecule has 0 unspecified atom stereocenters. The van der Waals surface area contributed by atoms with Crippen molar-refractivity contribution in [2.75, 3.05) is 6.16 Å². The van der Waals surface area contributed by atoms with Crippen molar-refractivity contribution in [2.45, 2.75) is 18.3 Å². The molecule has 0 bridgehead atoms. The second-order valence-corrected chi connectivity index (χ2v) is 4.17. The van der Waals surface area contributed by atoms with E-state index >= 15 is 0 Å². The summed E-state index contributed by atoms with van der Waals surface area (Å²) >= 11 is 0. The van der Waals surface area contributed by atoms with Gasteiger partial charge in [-0.1, -0.05) is 0 Å². The Balaban J connectivity index is 4.04. The number of rotatable bonds is 4. The summed E-state index contributed by atoms with van der Waals surface area (Å²) in [4.78, 5) is 16.7. The van der Waals surface area contributed by atoms with Crippen LogP contribution in [-0.2, 0) is 4.57 Å². The maximum absolute atomic E-state index is 10.3. The number of aliphatic hydroxyl groups is 3. The maximum Gasteiger partial charge on any atom is 0.328 e. The van der Waals surface area contributed by atoms with Gasteiger partial charge in [-0.05, 0) is 6.92 Å². The van der Waals surface area contributed by atoms with Crippen molar-refractivity contribution >= 4 is 7.60 Å². The van der Waals surface area contributed by atoms with Crippen LogP contribution in [0.3, 0.4) is 0 Å². The first-order valence-corrected chi connectivity index (χ1v) is 4.95. The quantitative estimate of drug-likeness (QED) is 0.337. The minimum Gasteiger partial charge on any atom is -0.390 e. The van der Waals surface area contributed by atoms with Gasteiger partial charge in [-0.2, -0.15) is 0 Å². The van der Waals surface area contributed by atoms with Crippen LogP contribution in [0.4, 0.5) is 0 Å². The van der Waals surface area contributed by atoms with Crippen molar-refractivity contribution in [3.8, 4) is 0 Å². The van der Waals surface area contributed by atoms with Crippen LogP contribution in [0, 0.1) is 6.92 Å². The standard InChI is InChI=1S/C5H12O6P/c1-3(6)5(8)4(7)2-12(9,10)11/h3-8H,1-2H2,(H2,9,10,11)/t3-,4-,5-/m0/s1. The van der Waals surface area contributed by atoms with Gasteiger partial charge in [0.1, 0.15) is 6.10 Å². The molecule has 1 radical (unpaired) electrons. The smallest absolute Gasteiger partial charge is 0.328 e. The molecular weight excluding hydrogens is 187 g/mol. The van der Waals surface area contributed by atoms with Crippen molar-refractivity contribution in [3.63, 3.8) is 0 Å². The Bertz CT molecular complexity index is 175. The fourth-order valence-electron chi connectivity index (χ4n) is 0.608. The molecule has 0 aliphatic carbocycles. The highest BCUT2D eigenvalue weighted by Gasteiger charge is 2.28. The van der Waals surface area contributed by atoms with Crippen LogP contribution in [0.25, 0.3) is 0 Å². The number of hydrogen-bond donors (Lipinski definition) is 5. The van der Waals surface area contributed by atoms with Crippen LogP contribution in [0.2, 0.25) is 0 Å². The third-order valence-electron chi connectivity index (χ3n) is 1.21. The van der Waals surface area contributed by atoms with Gasteiger partial charge in [0.25, 0.3) is 0 Å². The molecule has 3 atom stereocenters. The van der Waals surface area contributed by atoms with Crippen molar-refractivity contribution in [3.05, 3.63) is 6.92 Å². The molecule has 6 nitrogen and oxygen atoms in total. The minimum atomic E-state index is -4.36. The van der Waals surface area contributed by atoms with Gasteiger partial charge in [0.2, 0.25) is 0 Å². The summed E-state index contributed by atoms with van der Waals surface area (Å²) in [5.74, 6) is 0. The molecule has 0 aliphatic rings. The van der Waals surface area contributed by atoms with Crippen LogP contribution < -0.4 is 0 Å². The first-order chi connectivity index (χ1) is 5.24. The molecule has 0 saturated carbocycles. The van der Waals surface area contributed by atoms with Gasteiger partial charge >= 0.3 is 7.60 Å². The SMILES string of the molecule is [CH2][C@H](O)[C@H](O)[C@@H](O)CP(=O)(O)O. The predicted octanol–water partition coefficient (Wildman–Crippen LogP) is -1.92. The lowest BCUT2D eigenvalue weighted by atomic mass is 10.1. The van der Waals surface area contributed by atoms with Crippen LogP contribution in [0.5, 0.6) is 0 Å². The molecule has 0 aromatic carbocycles. The van der Waals surface area contributed by atoms with Gasteiger partial charge in [0, 0.05) is 0 Å². The Morgan fingerprint density at radius 3 is 1.92 bits per heavy atom. The van der Waals surface area contributed by atoms with E-state index in [9.17, 15) is 4.57 Å². The highest BCUT2D eigenvalue weighted by atomic mass is 31.2. The summed E-state index contributed by atoms with van der Waals surface area (Å²) in [6.07, 6.45) is -5.66. The second kappa shape index (κ2) is 4.32. The normalized spacial score (nSPS) is 20.2. The molecule has 0 spiro atoms. The Kier molecular flexibility index (Phi) is 4.33. The summed E-state index contributed by atoms with van der Waals surface area (Å²) in [7, 11) is -4.36. The Morgan fingerprint density at radius 1 is 1.25 bits per heavy atom. The summed E-state index contributed by atoms with van der Waals surface area (Å²) in [5.41, 5.74) is 0. The van der Waals surface area contributed by atoms with E-state index in [4.69, 9.17) is 25.1 Å². The fourth-order valence-corrected chi connectivity index (χ4v) is 1.31. The summed E-state index contributed by atoms with van der Waals surface area (Å²) < 4.78 is 10.3. The Labute approximate surface area is 69.6 Å². The van der Waals surface area contributed by atoms with E-state index in [1.165, 1.54) is 0 Å². The first kappa shape index (κ1) is 12.0. The average molecular weight is 199 g/mol. The van der Waals surface area contributed by atoms with Gasteiger partial charge in [0.15, 0.2) is 0 Å². The molecule has 7 heteroatoms. The van der Waals surface area contributed by atoms with Gasteiger partial charge in [-0.25, -0.2) is 0 Å². The van der Waals surface area contributed by atoms with E-state index in [1.54, 1.807) is 0 Å². The van der Waals surface area contributed by atoms with Gasteiger partial charge in [0.05, 0.1) is 18.4 Å². The monoisotopic (exact) mass is 199 g/mol. The van der Waals surface area contributed by atoms with E-state index < -0.39 is 32.1 Å². The molecule has 73 valence electrons. The molecule has 5 N–H and O–H groups in total. The fraction of sp³-hybridized carbons (Fsp3) is 0.800. The number of hydrogen-bond acceptors (Lipinski definition) is 4. The summed E-state index contributed by atoms with van der Waals surface area (Å²) in [6, 6.07) is 0. The lowest BCUT2D eigenvalue weighted by Crippen LogP contribution is -2.37. The zero-order valence-corrected chi connectivity index (χ0v) is 7.13. The van der Waals surface area contributed by atoms with Crippen molar-refractivity contribution in [1.29, 1.82) is 0 Å². The summed E-state index contributed by atoms with van der Waals surface area (Å²) in [6.45, 7) is 2.98. The molecule has 0 fully saturated rings.